The normalized spacial score (nSPS) is 13.4. The topological polar surface area (TPSA) is 98.2 Å². The van der Waals surface area contributed by atoms with Gasteiger partial charge in [-0.15, -0.1) is 0 Å². The maximum absolute atomic E-state index is 11.4. The Bertz CT molecular complexity index is 221. The van der Waals surface area contributed by atoms with E-state index < -0.39 is 11.9 Å². The minimum Gasteiger partial charge on any atom is -0.370 e. The van der Waals surface area contributed by atoms with Crippen molar-refractivity contribution in [2.45, 2.75) is 45.2 Å². The van der Waals surface area contributed by atoms with Crippen molar-refractivity contribution in [3.05, 3.63) is 0 Å². The molecule has 0 heterocycles. The van der Waals surface area contributed by atoms with E-state index in [4.69, 9.17) is 11.5 Å². The van der Waals surface area contributed by atoms with Crippen molar-refractivity contribution in [3.63, 3.8) is 0 Å². The number of rotatable bonds is 4. The molecule has 2 amide bonds. The Morgan fingerprint density at radius 3 is 2.21 bits per heavy atom. The molecule has 5 heteroatoms. The van der Waals surface area contributed by atoms with E-state index in [1.807, 2.05) is 20.8 Å². The molecule has 0 saturated heterocycles. The van der Waals surface area contributed by atoms with Crippen LogP contribution in [0.5, 0.6) is 0 Å². The highest BCUT2D eigenvalue weighted by Gasteiger charge is 2.19. The molecule has 0 fully saturated rings. The van der Waals surface area contributed by atoms with Gasteiger partial charge >= 0.3 is 0 Å². The van der Waals surface area contributed by atoms with E-state index in [1.165, 1.54) is 0 Å². The molecule has 0 aromatic carbocycles. The molecule has 0 rings (SSSR count). The van der Waals surface area contributed by atoms with E-state index in [-0.39, 0.29) is 24.3 Å². The highest BCUT2D eigenvalue weighted by atomic mass is 16.2. The summed E-state index contributed by atoms with van der Waals surface area (Å²) in [5.41, 5.74) is 10.2. The average Bonchev–Trinajstić information content (AvgIpc) is 1.96. The van der Waals surface area contributed by atoms with Gasteiger partial charge in [-0.3, -0.25) is 9.59 Å². The highest BCUT2D eigenvalue weighted by Crippen LogP contribution is 2.01. The molecular formula is C9H19N3O2. The largest absolute Gasteiger partial charge is 0.370 e. The molecular weight excluding hydrogens is 182 g/mol. The first-order valence-corrected chi connectivity index (χ1v) is 4.58. The number of amides is 2. The molecule has 0 bridgehead atoms. The van der Waals surface area contributed by atoms with E-state index in [2.05, 4.69) is 5.32 Å². The van der Waals surface area contributed by atoms with Crippen LogP contribution in [0.15, 0.2) is 0 Å². The molecule has 0 aliphatic heterocycles. The van der Waals surface area contributed by atoms with Crippen molar-refractivity contribution < 1.29 is 9.59 Å². The Labute approximate surface area is 84.2 Å². The third-order valence-electron chi connectivity index (χ3n) is 1.54. The van der Waals surface area contributed by atoms with Gasteiger partial charge in [0.15, 0.2) is 0 Å². The van der Waals surface area contributed by atoms with Gasteiger partial charge in [-0.1, -0.05) is 0 Å². The first-order valence-electron chi connectivity index (χ1n) is 4.58. The fraction of sp³-hybridized carbons (Fsp3) is 0.778. The number of hydrogen-bond acceptors (Lipinski definition) is 3. The van der Waals surface area contributed by atoms with Gasteiger partial charge in [0.25, 0.3) is 0 Å². The van der Waals surface area contributed by atoms with Gasteiger partial charge in [0.05, 0.1) is 6.04 Å². The lowest BCUT2D eigenvalue weighted by atomic mass is 10.1. The van der Waals surface area contributed by atoms with Gasteiger partial charge in [0.2, 0.25) is 11.8 Å². The number of primary amides is 1. The first-order chi connectivity index (χ1) is 6.22. The molecule has 82 valence electrons. The van der Waals surface area contributed by atoms with Crippen molar-refractivity contribution in [1.29, 1.82) is 0 Å². The molecule has 5 nitrogen and oxygen atoms in total. The minimum absolute atomic E-state index is 0.138. The molecule has 0 unspecified atom stereocenters. The third-order valence-corrected chi connectivity index (χ3v) is 1.54. The lowest BCUT2D eigenvalue weighted by Crippen LogP contribution is -2.49. The summed E-state index contributed by atoms with van der Waals surface area (Å²) in [6, 6.07) is -0.665. The maximum Gasteiger partial charge on any atom is 0.237 e. The fourth-order valence-corrected chi connectivity index (χ4v) is 0.891. The molecule has 0 aliphatic carbocycles. The van der Waals surface area contributed by atoms with Crippen molar-refractivity contribution in [2.75, 3.05) is 0 Å². The minimum atomic E-state index is -0.665. The molecule has 5 N–H and O–H groups in total. The van der Waals surface area contributed by atoms with E-state index in [0.29, 0.717) is 0 Å². The Balaban J connectivity index is 3.94. The van der Waals surface area contributed by atoms with E-state index in [9.17, 15) is 9.59 Å². The summed E-state index contributed by atoms with van der Waals surface area (Å²) >= 11 is 0. The zero-order valence-electron chi connectivity index (χ0n) is 8.96. The first kappa shape index (κ1) is 12.9. The highest BCUT2D eigenvalue weighted by molar-refractivity contribution is 5.83. The van der Waals surface area contributed by atoms with E-state index in [1.54, 1.807) is 0 Å². The smallest absolute Gasteiger partial charge is 0.237 e. The van der Waals surface area contributed by atoms with Gasteiger partial charge in [-0.2, -0.15) is 0 Å². The van der Waals surface area contributed by atoms with Crippen LogP contribution < -0.4 is 16.8 Å². The van der Waals surface area contributed by atoms with Gasteiger partial charge in [-0.05, 0) is 27.2 Å². The molecule has 0 aromatic rings. The Morgan fingerprint density at radius 2 is 1.86 bits per heavy atom. The second-order valence-corrected chi connectivity index (χ2v) is 4.35. The molecule has 0 spiro atoms. The van der Waals surface area contributed by atoms with E-state index in [0.717, 1.165) is 0 Å². The van der Waals surface area contributed by atoms with Crippen LogP contribution in [-0.2, 0) is 9.59 Å². The van der Waals surface area contributed by atoms with Crippen LogP contribution in [-0.4, -0.2) is 23.4 Å². The molecule has 0 aromatic heterocycles. The number of nitrogens with two attached hydrogens (primary N) is 2. The second kappa shape index (κ2) is 4.95. The quantitative estimate of drug-likeness (QED) is 0.571. The standard InChI is InChI=1S/C9H19N3O2/c1-9(2,3)12-8(14)6(10)4-5-7(11)13/h6H,4-5,10H2,1-3H3,(H2,11,13)(H,12,14)/t6-/m0/s1. The van der Waals surface area contributed by atoms with Crippen molar-refractivity contribution in [2.24, 2.45) is 11.5 Å². The Morgan fingerprint density at radius 1 is 1.36 bits per heavy atom. The molecule has 0 saturated carbocycles. The zero-order chi connectivity index (χ0) is 11.4. The van der Waals surface area contributed by atoms with Crippen LogP contribution in [0.3, 0.4) is 0 Å². The summed E-state index contributed by atoms with van der Waals surface area (Å²) in [6.45, 7) is 5.60. The number of nitrogens with one attached hydrogen (secondary N) is 1. The van der Waals surface area contributed by atoms with Crippen LogP contribution in [0.2, 0.25) is 0 Å². The molecule has 1 atom stereocenters. The predicted octanol–water partition coefficient (Wildman–Crippen LogP) is -0.506. The summed E-state index contributed by atoms with van der Waals surface area (Å²) in [7, 11) is 0. The Kier molecular flexibility index (Phi) is 4.56. The lowest BCUT2D eigenvalue weighted by Gasteiger charge is -2.22. The second-order valence-electron chi connectivity index (χ2n) is 4.35. The lowest BCUT2D eigenvalue weighted by molar-refractivity contribution is -0.124. The monoisotopic (exact) mass is 201 g/mol. The zero-order valence-corrected chi connectivity index (χ0v) is 8.96. The van der Waals surface area contributed by atoms with Gasteiger partial charge in [-0.25, -0.2) is 0 Å². The molecule has 14 heavy (non-hydrogen) atoms. The van der Waals surface area contributed by atoms with Crippen molar-refractivity contribution in [3.8, 4) is 0 Å². The number of carbonyl (C=O) groups excluding carboxylic acids is 2. The van der Waals surface area contributed by atoms with Crippen molar-refractivity contribution in [1.82, 2.24) is 5.32 Å². The summed E-state index contributed by atoms with van der Waals surface area (Å²) < 4.78 is 0. The van der Waals surface area contributed by atoms with Crippen LogP contribution in [0.1, 0.15) is 33.6 Å². The average molecular weight is 201 g/mol. The van der Waals surface area contributed by atoms with Crippen LogP contribution in [0, 0.1) is 0 Å². The van der Waals surface area contributed by atoms with Gasteiger partial charge in [0, 0.05) is 12.0 Å². The molecule has 0 radical (unpaired) electrons. The van der Waals surface area contributed by atoms with Gasteiger partial charge < -0.3 is 16.8 Å². The predicted molar refractivity (Wildman–Crippen MR) is 54.3 cm³/mol. The van der Waals surface area contributed by atoms with Gasteiger partial charge in [0.1, 0.15) is 0 Å². The van der Waals surface area contributed by atoms with Crippen LogP contribution in [0.4, 0.5) is 0 Å². The number of hydrogen-bond donors (Lipinski definition) is 3. The summed E-state index contributed by atoms with van der Waals surface area (Å²) in [4.78, 5) is 21.8. The van der Waals surface area contributed by atoms with Crippen molar-refractivity contribution >= 4 is 11.8 Å². The molecule has 0 aliphatic rings. The summed E-state index contributed by atoms with van der Waals surface area (Å²) in [5.74, 6) is -0.692. The van der Waals surface area contributed by atoms with Crippen LogP contribution in [0.25, 0.3) is 0 Å². The summed E-state index contributed by atoms with van der Waals surface area (Å²) in [5, 5.41) is 2.73. The maximum atomic E-state index is 11.4. The summed E-state index contributed by atoms with van der Waals surface area (Å²) in [6.07, 6.45) is 0.427. The van der Waals surface area contributed by atoms with E-state index >= 15 is 0 Å². The Hall–Kier alpha value is -1.10. The fourth-order valence-electron chi connectivity index (χ4n) is 0.891. The third kappa shape index (κ3) is 6.42. The number of carbonyl (C=O) groups is 2. The SMILES string of the molecule is CC(C)(C)NC(=O)[C@@H](N)CCC(N)=O. The van der Waals surface area contributed by atoms with Crippen LogP contribution >= 0.6 is 0 Å².